The van der Waals surface area contributed by atoms with Crippen LogP contribution in [0, 0.1) is 6.92 Å². The summed E-state index contributed by atoms with van der Waals surface area (Å²) in [5.41, 5.74) is 6.55. The number of carbonyl (C=O) groups is 2. The van der Waals surface area contributed by atoms with Crippen molar-refractivity contribution in [2.24, 2.45) is 5.73 Å². The van der Waals surface area contributed by atoms with Crippen LogP contribution in [-0.2, 0) is 4.74 Å². The van der Waals surface area contributed by atoms with E-state index in [-0.39, 0.29) is 6.10 Å². The largest absolute Gasteiger partial charge is 0.446 e. The number of ether oxygens (including phenoxy) is 1. The molecule has 2 heterocycles. The highest BCUT2D eigenvalue weighted by Gasteiger charge is 2.23. The molecule has 2 rings (SSSR count). The molecule has 1 aromatic rings. The van der Waals surface area contributed by atoms with Crippen LogP contribution in [0.15, 0.2) is 12.3 Å². The number of aromatic nitrogens is 1. The number of anilines is 1. The molecule has 1 aromatic heterocycles. The Labute approximate surface area is 111 Å². The summed E-state index contributed by atoms with van der Waals surface area (Å²) in [6, 6.07) is 1.82. The van der Waals surface area contributed by atoms with Gasteiger partial charge < -0.3 is 15.4 Å². The number of amides is 1. The van der Waals surface area contributed by atoms with Gasteiger partial charge in [0.05, 0.1) is 0 Å². The number of hydrogen-bond donors (Lipinski definition) is 1. The molecule has 1 saturated heterocycles. The molecular formula is C13H17N3O3. The highest BCUT2D eigenvalue weighted by Crippen LogP contribution is 2.23. The molecule has 0 bridgehead atoms. The summed E-state index contributed by atoms with van der Waals surface area (Å²) in [6.45, 7) is 3.44. The minimum absolute atomic E-state index is 0.108. The molecule has 1 amide bonds. The number of primary amides is 1. The molecule has 19 heavy (non-hydrogen) atoms. The lowest BCUT2D eigenvalue weighted by Gasteiger charge is -2.32. The number of nitrogens with two attached hydrogens (primary N) is 1. The molecule has 0 aromatic carbocycles. The van der Waals surface area contributed by atoms with E-state index in [0.717, 1.165) is 43.6 Å². The van der Waals surface area contributed by atoms with E-state index < -0.39 is 6.09 Å². The van der Waals surface area contributed by atoms with Crippen molar-refractivity contribution in [3.8, 4) is 0 Å². The molecule has 0 aliphatic carbocycles. The maximum absolute atomic E-state index is 10.7. The van der Waals surface area contributed by atoms with Crippen molar-refractivity contribution in [2.75, 3.05) is 18.0 Å². The van der Waals surface area contributed by atoms with Gasteiger partial charge in [0.1, 0.15) is 11.9 Å². The fraction of sp³-hybridized carbons (Fsp3) is 0.462. The molecule has 1 fully saturated rings. The second-order valence-electron chi connectivity index (χ2n) is 4.65. The molecule has 0 radical (unpaired) electrons. The van der Waals surface area contributed by atoms with Crippen LogP contribution < -0.4 is 10.6 Å². The van der Waals surface area contributed by atoms with Gasteiger partial charge in [-0.1, -0.05) is 0 Å². The number of pyridine rings is 1. The Hall–Kier alpha value is -2.11. The summed E-state index contributed by atoms with van der Waals surface area (Å²) >= 11 is 0. The Balaban J connectivity index is 2.01. The van der Waals surface area contributed by atoms with Gasteiger partial charge in [-0.05, 0) is 18.6 Å². The standard InChI is InChI=1S/C13H17N3O3/c1-9-6-10(8-17)7-15-12(9)16-4-2-11(3-5-16)19-13(14)18/h6-8,11H,2-5H2,1H3,(H2,14,18). The molecular weight excluding hydrogens is 246 g/mol. The quantitative estimate of drug-likeness (QED) is 0.830. The van der Waals surface area contributed by atoms with Gasteiger partial charge in [-0.2, -0.15) is 0 Å². The molecule has 1 aliphatic heterocycles. The highest BCUT2D eigenvalue weighted by atomic mass is 16.6. The Morgan fingerprint density at radius 2 is 2.21 bits per heavy atom. The maximum Gasteiger partial charge on any atom is 0.404 e. The van der Waals surface area contributed by atoms with E-state index in [1.807, 2.05) is 13.0 Å². The van der Waals surface area contributed by atoms with E-state index in [1.165, 1.54) is 0 Å². The first kappa shape index (κ1) is 13.3. The fourth-order valence-electron chi connectivity index (χ4n) is 2.33. The third kappa shape index (κ3) is 3.21. The summed E-state index contributed by atoms with van der Waals surface area (Å²) in [6.07, 6.45) is 3.00. The van der Waals surface area contributed by atoms with Crippen molar-refractivity contribution in [1.29, 1.82) is 0 Å². The summed E-state index contributed by atoms with van der Waals surface area (Å²) < 4.78 is 4.99. The first-order chi connectivity index (χ1) is 9.10. The van der Waals surface area contributed by atoms with E-state index in [2.05, 4.69) is 9.88 Å². The summed E-state index contributed by atoms with van der Waals surface area (Å²) in [5, 5.41) is 0. The molecule has 0 saturated carbocycles. The van der Waals surface area contributed by atoms with Crippen molar-refractivity contribution in [1.82, 2.24) is 4.98 Å². The third-order valence-electron chi connectivity index (χ3n) is 3.23. The lowest BCUT2D eigenvalue weighted by Crippen LogP contribution is -2.39. The third-order valence-corrected chi connectivity index (χ3v) is 3.23. The van der Waals surface area contributed by atoms with Crippen LogP contribution in [0.25, 0.3) is 0 Å². The van der Waals surface area contributed by atoms with Crippen LogP contribution in [0.4, 0.5) is 10.6 Å². The van der Waals surface area contributed by atoms with Gasteiger partial charge in [0, 0.05) is 37.7 Å². The molecule has 102 valence electrons. The van der Waals surface area contributed by atoms with Crippen LogP contribution >= 0.6 is 0 Å². The molecule has 0 unspecified atom stereocenters. The highest BCUT2D eigenvalue weighted by molar-refractivity contribution is 5.75. The number of rotatable bonds is 3. The van der Waals surface area contributed by atoms with Crippen LogP contribution in [0.5, 0.6) is 0 Å². The average Bonchev–Trinajstić information content (AvgIpc) is 2.39. The first-order valence-electron chi connectivity index (χ1n) is 6.23. The Morgan fingerprint density at radius 3 is 2.74 bits per heavy atom. The van der Waals surface area contributed by atoms with Crippen molar-refractivity contribution in [3.05, 3.63) is 23.4 Å². The molecule has 6 nitrogen and oxygen atoms in total. The Morgan fingerprint density at radius 1 is 1.53 bits per heavy atom. The van der Waals surface area contributed by atoms with Gasteiger partial charge in [-0.3, -0.25) is 4.79 Å². The van der Waals surface area contributed by atoms with Gasteiger partial charge >= 0.3 is 6.09 Å². The van der Waals surface area contributed by atoms with Crippen LogP contribution in [0.2, 0.25) is 0 Å². The number of aryl methyl sites for hydroxylation is 1. The Kier molecular flexibility index (Phi) is 3.99. The van der Waals surface area contributed by atoms with Gasteiger partial charge in [0.25, 0.3) is 0 Å². The zero-order chi connectivity index (χ0) is 13.8. The average molecular weight is 263 g/mol. The monoisotopic (exact) mass is 263 g/mol. The van der Waals surface area contributed by atoms with Gasteiger partial charge in [-0.25, -0.2) is 9.78 Å². The van der Waals surface area contributed by atoms with Crippen molar-refractivity contribution >= 4 is 18.2 Å². The molecule has 1 aliphatic rings. The van der Waals surface area contributed by atoms with Crippen LogP contribution in [0.3, 0.4) is 0 Å². The van der Waals surface area contributed by atoms with Crippen LogP contribution in [-0.4, -0.2) is 36.6 Å². The predicted octanol–water partition coefficient (Wildman–Crippen LogP) is 1.27. The molecule has 0 spiro atoms. The van der Waals surface area contributed by atoms with E-state index in [4.69, 9.17) is 10.5 Å². The lowest BCUT2D eigenvalue weighted by atomic mass is 10.1. The van der Waals surface area contributed by atoms with Crippen LogP contribution in [0.1, 0.15) is 28.8 Å². The van der Waals surface area contributed by atoms with Gasteiger partial charge in [-0.15, -0.1) is 0 Å². The topological polar surface area (TPSA) is 85.5 Å². The summed E-state index contributed by atoms with van der Waals surface area (Å²) in [7, 11) is 0. The number of hydrogen-bond acceptors (Lipinski definition) is 5. The fourth-order valence-corrected chi connectivity index (χ4v) is 2.33. The maximum atomic E-state index is 10.7. The van der Waals surface area contributed by atoms with Gasteiger partial charge in [0.2, 0.25) is 0 Å². The van der Waals surface area contributed by atoms with E-state index >= 15 is 0 Å². The first-order valence-corrected chi connectivity index (χ1v) is 6.23. The van der Waals surface area contributed by atoms with E-state index in [1.54, 1.807) is 6.20 Å². The second-order valence-corrected chi connectivity index (χ2v) is 4.65. The number of aldehydes is 1. The smallest absolute Gasteiger partial charge is 0.404 e. The second kappa shape index (κ2) is 5.69. The SMILES string of the molecule is Cc1cc(C=O)cnc1N1CCC(OC(N)=O)CC1. The van der Waals surface area contributed by atoms with Crippen molar-refractivity contribution in [2.45, 2.75) is 25.9 Å². The zero-order valence-electron chi connectivity index (χ0n) is 10.8. The van der Waals surface area contributed by atoms with Crippen molar-refractivity contribution < 1.29 is 14.3 Å². The predicted molar refractivity (Wildman–Crippen MR) is 70.3 cm³/mol. The lowest BCUT2D eigenvalue weighted by molar-refractivity contribution is 0.0911. The van der Waals surface area contributed by atoms with Crippen molar-refractivity contribution in [3.63, 3.8) is 0 Å². The molecule has 2 N–H and O–H groups in total. The number of piperidine rings is 1. The summed E-state index contributed by atoms with van der Waals surface area (Å²) in [4.78, 5) is 27.8. The normalized spacial score (nSPS) is 16.2. The number of nitrogens with zero attached hydrogens (tertiary/aromatic N) is 2. The minimum Gasteiger partial charge on any atom is -0.446 e. The van der Waals surface area contributed by atoms with E-state index in [9.17, 15) is 9.59 Å². The minimum atomic E-state index is -0.719. The molecule has 6 heteroatoms. The van der Waals surface area contributed by atoms with Gasteiger partial charge in [0.15, 0.2) is 6.29 Å². The summed E-state index contributed by atoms with van der Waals surface area (Å²) in [5.74, 6) is 0.878. The Bertz CT molecular complexity index is 482. The molecule has 0 atom stereocenters. The van der Waals surface area contributed by atoms with E-state index in [0.29, 0.717) is 5.56 Å². The number of carbonyl (C=O) groups excluding carboxylic acids is 2. The zero-order valence-corrected chi connectivity index (χ0v) is 10.8.